The molecule has 4 aromatic rings. The lowest BCUT2D eigenvalue weighted by Crippen LogP contribution is -2.16. The monoisotopic (exact) mass is 323 g/mol. The molecule has 2 heteroatoms. The number of ether oxygens (including phenoxy) is 1. The molecule has 1 aliphatic rings. The molecule has 0 aliphatic carbocycles. The molecular formula is C23H17NO. The normalized spacial score (nSPS) is 12.4. The number of benzene rings is 4. The molecule has 0 bridgehead atoms. The molecule has 0 saturated heterocycles. The van der Waals surface area contributed by atoms with E-state index < -0.39 is 0 Å². The van der Waals surface area contributed by atoms with Crippen molar-refractivity contribution in [2.75, 3.05) is 4.90 Å². The van der Waals surface area contributed by atoms with Crippen LogP contribution in [-0.4, -0.2) is 0 Å². The Morgan fingerprint density at radius 3 is 1.80 bits per heavy atom. The fraction of sp³-hybridized carbons (Fsp3) is 0.0435. The third-order valence-corrected chi connectivity index (χ3v) is 4.79. The van der Waals surface area contributed by atoms with Crippen LogP contribution >= 0.6 is 0 Å². The minimum absolute atomic E-state index is 0.880. The van der Waals surface area contributed by atoms with Crippen LogP contribution in [-0.2, 0) is 0 Å². The summed E-state index contributed by atoms with van der Waals surface area (Å²) in [4.78, 5) is 2.30. The Labute approximate surface area is 146 Å². The number of hydrogen-bond acceptors (Lipinski definition) is 2. The fourth-order valence-corrected chi connectivity index (χ4v) is 3.59. The molecule has 120 valence electrons. The van der Waals surface area contributed by atoms with Gasteiger partial charge in [-0.2, -0.15) is 0 Å². The molecule has 1 aliphatic heterocycles. The van der Waals surface area contributed by atoms with Gasteiger partial charge in [-0.3, -0.25) is 0 Å². The second kappa shape index (κ2) is 5.38. The minimum Gasteiger partial charge on any atom is -0.453 e. The van der Waals surface area contributed by atoms with Crippen LogP contribution in [0.3, 0.4) is 0 Å². The minimum atomic E-state index is 0.880. The lowest BCUT2D eigenvalue weighted by atomic mass is 10.0. The second-order valence-electron chi connectivity index (χ2n) is 6.32. The Morgan fingerprint density at radius 2 is 1.12 bits per heavy atom. The topological polar surface area (TPSA) is 12.5 Å². The number of anilines is 3. The van der Waals surface area contributed by atoms with E-state index in [2.05, 4.69) is 72.5 Å². The first-order chi connectivity index (χ1) is 12.3. The Morgan fingerprint density at radius 1 is 0.560 bits per heavy atom. The molecule has 2 nitrogen and oxygen atoms in total. The molecule has 4 aromatic carbocycles. The van der Waals surface area contributed by atoms with E-state index in [9.17, 15) is 0 Å². The van der Waals surface area contributed by atoms with E-state index in [1.807, 2.05) is 24.3 Å². The molecule has 0 radical (unpaired) electrons. The molecule has 25 heavy (non-hydrogen) atoms. The average molecular weight is 323 g/mol. The van der Waals surface area contributed by atoms with Crippen molar-refractivity contribution in [3.63, 3.8) is 0 Å². The second-order valence-corrected chi connectivity index (χ2v) is 6.32. The molecular weight excluding hydrogens is 306 g/mol. The van der Waals surface area contributed by atoms with Gasteiger partial charge in [0.15, 0.2) is 11.5 Å². The highest BCUT2D eigenvalue weighted by atomic mass is 16.5. The van der Waals surface area contributed by atoms with Crippen molar-refractivity contribution >= 4 is 27.8 Å². The van der Waals surface area contributed by atoms with Gasteiger partial charge in [0.2, 0.25) is 0 Å². The summed E-state index contributed by atoms with van der Waals surface area (Å²) in [5.74, 6) is 1.76. The first kappa shape index (κ1) is 14.1. The van der Waals surface area contributed by atoms with E-state index in [0.717, 1.165) is 22.9 Å². The maximum atomic E-state index is 6.12. The Balaban J connectivity index is 1.85. The van der Waals surface area contributed by atoms with Crippen molar-refractivity contribution in [1.29, 1.82) is 0 Å². The van der Waals surface area contributed by atoms with Crippen molar-refractivity contribution in [2.24, 2.45) is 0 Å². The summed E-state index contributed by atoms with van der Waals surface area (Å²) in [7, 11) is 0. The highest BCUT2D eigenvalue weighted by Crippen LogP contribution is 2.51. The standard InChI is InChI=1S/C23H17NO/c1-16-14-15-19(18-9-3-2-8-17(16)18)24-20-10-4-6-12-22(20)25-23-13-7-5-11-21(23)24/h2-15H,1H3. The summed E-state index contributed by atoms with van der Waals surface area (Å²) in [6.45, 7) is 2.16. The number of rotatable bonds is 1. The quantitative estimate of drug-likeness (QED) is 0.339. The van der Waals surface area contributed by atoms with Gasteiger partial charge in [-0.25, -0.2) is 0 Å². The SMILES string of the molecule is Cc1ccc(N2c3ccccc3Oc3ccccc32)c2ccccc12. The van der Waals surface area contributed by atoms with Crippen LogP contribution in [0.5, 0.6) is 11.5 Å². The first-order valence-corrected chi connectivity index (χ1v) is 8.47. The van der Waals surface area contributed by atoms with E-state index in [4.69, 9.17) is 4.74 Å². The summed E-state index contributed by atoms with van der Waals surface area (Å²) in [5.41, 5.74) is 4.59. The van der Waals surface area contributed by atoms with E-state index in [1.54, 1.807) is 0 Å². The first-order valence-electron chi connectivity index (χ1n) is 8.47. The predicted molar refractivity (Wildman–Crippen MR) is 103 cm³/mol. The van der Waals surface area contributed by atoms with Gasteiger partial charge in [-0.05, 0) is 48.2 Å². The molecule has 0 N–H and O–H groups in total. The van der Waals surface area contributed by atoms with E-state index in [1.165, 1.54) is 22.0 Å². The third kappa shape index (κ3) is 2.11. The van der Waals surface area contributed by atoms with E-state index >= 15 is 0 Å². The lowest BCUT2D eigenvalue weighted by molar-refractivity contribution is 0.477. The van der Waals surface area contributed by atoms with Crippen molar-refractivity contribution in [1.82, 2.24) is 0 Å². The number of para-hydroxylation sites is 4. The van der Waals surface area contributed by atoms with E-state index in [-0.39, 0.29) is 0 Å². The molecule has 0 amide bonds. The Kier molecular flexibility index (Phi) is 3.04. The predicted octanol–water partition coefficient (Wildman–Crippen LogP) is 6.72. The van der Waals surface area contributed by atoms with Crippen molar-refractivity contribution in [3.05, 3.63) is 90.5 Å². The van der Waals surface area contributed by atoms with Crippen molar-refractivity contribution in [3.8, 4) is 11.5 Å². The Bertz CT molecular complexity index is 1050. The molecule has 0 saturated carbocycles. The van der Waals surface area contributed by atoms with Gasteiger partial charge in [0.1, 0.15) is 0 Å². The molecule has 0 fully saturated rings. The highest BCUT2D eigenvalue weighted by Gasteiger charge is 2.26. The molecule has 5 rings (SSSR count). The third-order valence-electron chi connectivity index (χ3n) is 4.79. The van der Waals surface area contributed by atoms with E-state index in [0.29, 0.717) is 0 Å². The van der Waals surface area contributed by atoms with Crippen LogP contribution in [0.2, 0.25) is 0 Å². The zero-order valence-electron chi connectivity index (χ0n) is 13.9. The van der Waals surface area contributed by atoms with Gasteiger partial charge >= 0.3 is 0 Å². The van der Waals surface area contributed by atoms with Gasteiger partial charge in [-0.15, -0.1) is 0 Å². The van der Waals surface area contributed by atoms with Crippen LogP contribution in [0.25, 0.3) is 10.8 Å². The summed E-state index contributed by atoms with van der Waals surface area (Å²) < 4.78 is 6.12. The smallest absolute Gasteiger partial charge is 0.151 e. The summed E-state index contributed by atoms with van der Waals surface area (Å²) in [5, 5.41) is 2.52. The summed E-state index contributed by atoms with van der Waals surface area (Å²) >= 11 is 0. The zero-order valence-corrected chi connectivity index (χ0v) is 13.9. The average Bonchev–Trinajstić information content (AvgIpc) is 2.67. The van der Waals surface area contributed by atoms with Crippen LogP contribution in [0.15, 0.2) is 84.9 Å². The summed E-state index contributed by atoms with van der Waals surface area (Å²) in [6, 6.07) is 29.4. The van der Waals surface area contributed by atoms with Gasteiger partial charge in [0.05, 0.1) is 17.1 Å². The van der Waals surface area contributed by atoms with Gasteiger partial charge < -0.3 is 9.64 Å². The Hall–Kier alpha value is -3.26. The van der Waals surface area contributed by atoms with Crippen LogP contribution in [0, 0.1) is 6.92 Å². The number of fused-ring (bicyclic) bond motifs is 3. The van der Waals surface area contributed by atoms with Crippen LogP contribution in [0.1, 0.15) is 5.56 Å². The van der Waals surface area contributed by atoms with Gasteiger partial charge in [-0.1, -0.05) is 54.6 Å². The molecule has 0 unspecified atom stereocenters. The molecule has 0 aromatic heterocycles. The van der Waals surface area contributed by atoms with Crippen molar-refractivity contribution in [2.45, 2.75) is 6.92 Å². The van der Waals surface area contributed by atoms with Gasteiger partial charge in [0, 0.05) is 5.39 Å². The number of hydrogen-bond donors (Lipinski definition) is 0. The fourth-order valence-electron chi connectivity index (χ4n) is 3.59. The molecule has 0 spiro atoms. The highest BCUT2D eigenvalue weighted by molar-refractivity contribution is 6.02. The van der Waals surface area contributed by atoms with Crippen LogP contribution < -0.4 is 9.64 Å². The molecule has 0 atom stereocenters. The van der Waals surface area contributed by atoms with Gasteiger partial charge in [0.25, 0.3) is 0 Å². The maximum absolute atomic E-state index is 6.12. The number of nitrogens with zero attached hydrogens (tertiary/aromatic N) is 1. The lowest BCUT2D eigenvalue weighted by Gasteiger charge is -2.33. The van der Waals surface area contributed by atoms with Crippen LogP contribution in [0.4, 0.5) is 17.1 Å². The number of aryl methyl sites for hydroxylation is 1. The zero-order chi connectivity index (χ0) is 16.8. The maximum Gasteiger partial charge on any atom is 0.151 e. The largest absolute Gasteiger partial charge is 0.453 e. The van der Waals surface area contributed by atoms with Crippen molar-refractivity contribution < 1.29 is 4.74 Å². The summed E-state index contributed by atoms with van der Waals surface area (Å²) in [6.07, 6.45) is 0. The molecule has 1 heterocycles.